The van der Waals surface area contributed by atoms with E-state index < -0.39 is 16.3 Å². The van der Waals surface area contributed by atoms with Crippen molar-refractivity contribution >= 4 is 38.4 Å². The molecular formula is C25H23F2N5O3S. The second-order valence-corrected chi connectivity index (χ2v) is 10.3. The predicted octanol–water partition coefficient (Wildman–Crippen LogP) is 5.37. The summed E-state index contributed by atoms with van der Waals surface area (Å²) >= 11 is 0. The van der Waals surface area contributed by atoms with Gasteiger partial charge in [-0.1, -0.05) is 12.6 Å². The maximum absolute atomic E-state index is 13.5. The van der Waals surface area contributed by atoms with E-state index in [1.807, 2.05) is 6.92 Å². The lowest BCUT2D eigenvalue weighted by Gasteiger charge is -2.15. The Balaban J connectivity index is 1.77. The Bertz CT molecular complexity index is 1510. The van der Waals surface area contributed by atoms with Crippen molar-refractivity contribution in [3.05, 3.63) is 70.5 Å². The molecule has 0 amide bonds. The van der Waals surface area contributed by atoms with Crippen LogP contribution in [-0.4, -0.2) is 43.4 Å². The van der Waals surface area contributed by atoms with Gasteiger partial charge in [0.15, 0.2) is 9.84 Å². The molecule has 0 bridgehead atoms. The summed E-state index contributed by atoms with van der Waals surface area (Å²) in [7, 11) is -3.57. The highest BCUT2D eigenvalue weighted by atomic mass is 32.2. The number of aliphatic imine (C=N–C) groups is 1. The number of halogens is 2. The van der Waals surface area contributed by atoms with Crippen molar-refractivity contribution in [2.75, 3.05) is 18.2 Å². The molecule has 186 valence electrons. The molecule has 1 aliphatic rings. The first-order chi connectivity index (χ1) is 17.1. The molecule has 1 aromatic carbocycles. The molecule has 0 saturated carbocycles. The number of rotatable bonds is 8. The van der Waals surface area contributed by atoms with E-state index in [-0.39, 0.29) is 35.0 Å². The number of sulfone groups is 1. The highest BCUT2D eigenvalue weighted by Crippen LogP contribution is 2.39. The van der Waals surface area contributed by atoms with Crippen LogP contribution in [0.2, 0.25) is 0 Å². The van der Waals surface area contributed by atoms with Gasteiger partial charge in [-0.25, -0.2) is 22.2 Å². The lowest BCUT2D eigenvalue weighted by Crippen LogP contribution is -2.10. The number of hydrogen-bond donors (Lipinski definition) is 1. The molecule has 11 heteroatoms. The Hall–Kier alpha value is -3.91. The summed E-state index contributed by atoms with van der Waals surface area (Å²) in [5, 5.41) is 3.08. The number of nitrogens with zero attached hydrogens (tertiary/aromatic N) is 4. The summed E-state index contributed by atoms with van der Waals surface area (Å²) in [6.45, 7) is 11.4. The quantitative estimate of drug-likeness (QED) is 0.409. The van der Waals surface area contributed by atoms with Crippen LogP contribution in [0, 0.1) is 13.5 Å². The molecule has 0 aliphatic carbocycles. The van der Waals surface area contributed by atoms with E-state index in [9.17, 15) is 17.2 Å². The number of pyridine rings is 2. The standard InChI is InChI=1S/C25H23F2N5O3S/c1-5-35-21-9-7-15(30-25(21)28-3)11-16-12-18(23-19(29-16)13-20(32-23)24(26)27)31-17-8-6-14(2)10-22(17)36(4,33)34/h6-10,12,24H,5,11,13H2,1-2,4H3,(H,29,31). The summed E-state index contributed by atoms with van der Waals surface area (Å²) in [6, 6.07) is 9.94. The molecule has 2 aromatic heterocycles. The zero-order valence-corrected chi connectivity index (χ0v) is 20.7. The fraction of sp³-hybridized carbons (Fsp3) is 0.280. The molecule has 0 saturated heterocycles. The molecule has 0 atom stereocenters. The number of hydrogen-bond acceptors (Lipinski definition) is 7. The van der Waals surface area contributed by atoms with Crippen LogP contribution in [0.3, 0.4) is 0 Å². The molecule has 3 aromatic rings. The van der Waals surface area contributed by atoms with E-state index in [1.165, 1.54) is 0 Å². The molecule has 1 aliphatic heterocycles. The molecule has 4 rings (SSSR count). The monoisotopic (exact) mass is 511 g/mol. The number of anilines is 2. The summed E-state index contributed by atoms with van der Waals surface area (Å²) in [4.78, 5) is 16.5. The Morgan fingerprint density at radius 3 is 2.58 bits per heavy atom. The maximum atomic E-state index is 13.5. The van der Waals surface area contributed by atoms with Gasteiger partial charge in [-0.2, -0.15) is 0 Å². The first kappa shape index (κ1) is 25.2. The molecule has 0 fully saturated rings. The smallest absolute Gasteiger partial charge is 0.312 e. The number of fused-ring (bicyclic) bond motifs is 1. The molecule has 3 heterocycles. The Morgan fingerprint density at radius 2 is 1.92 bits per heavy atom. The zero-order valence-electron chi connectivity index (χ0n) is 19.8. The minimum atomic E-state index is -3.57. The summed E-state index contributed by atoms with van der Waals surface area (Å²) in [6.07, 6.45) is -1.54. The van der Waals surface area contributed by atoms with Crippen LogP contribution in [0.15, 0.2) is 46.3 Å². The minimum absolute atomic E-state index is 0.0838. The van der Waals surface area contributed by atoms with Crippen molar-refractivity contribution in [3.8, 4) is 5.75 Å². The number of ether oxygens (including phenoxy) is 1. The summed E-state index contributed by atoms with van der Waals surface area (Å²) in [5.41, 5.74) is 2.76. The highest BCUT2D eigenvalue weighted by molar-refractivity contribution is 7.90. The molecule has 0 unspecified atom stereocenters. The summed E-state index contributed by atoms with van der Waals surface area (Å²) < 4.78 is 57.1. The third-order valence-corrected chi connectivity index (χ3v) is 6.58. The van der Waals surface area contributed by atoms with Crippen molar-refractivity contribution in [2.24, 2.45) is 4.99 Å². The van der Waals surface area contributed by atoms with Crippen LogP contribution in [0.1, 0.15) is 29.6 Å². The van der Waals surface area contributed by atoms with Gasteiger partial charge in [0.2, 0.25) is 0 Å². The van der Waals surface area contributed by atoms with Gasteiger partial charge in [0.05, 0.1) is 46.4 Å². The SMILES string of the molecule is [C-]#[N+]c1nc(Cc2cc(Nc3ccc(C)cc3S(C)(=O)=O)c3c(n2)CC(C(F)F)=N3)ccc1OCC. The van der Waals surface area contributed by atoms with Gasteiger partial charge in [-0.15, -0.1) is 4.98 Å². The number of alkyl halides is 2. The number of aromatic nitrogens is 2. The Labute approximate surface area is 207 Å². The predicted molar refractivity (Wildman–Crippen MR) is 133 cm³/mol. The van der Waals surface area contributed by atoms with Gasteiger partial charge in [0.1, 0.15) is 17.1 Å². The Morgan fingerprint density at radius 1 is 1.14 bits per heavy atom. The fourth-order valence-electron chi connectivity index (χ4n) is 3.86. The van der Waals surface area contributed by atoms with E-state index in [0.29, 0.717) is 40.8 Å². The average Bonchev–Trinajstić information content (AvgIpc) is 3.25. The number of aryl methyl sites for hydroxylation is 1. The van der Waals surface area contributed by atoms with E-state index in [0.717, 1.165) is 11.8 Å². The zero-order chi connectivity index (χ0) is 26.0. The largest absolute Gasteiger partial charge is 0.503 e. The molecule has 0 spiro atoms. The van der Waals surface area contributed by atoms with Crippen LogP contribution >= 0.6 is 0 Å². The Kier molecular flexibility index (Phi) is 6.99. The summed E-state index contributed by atoms with van der Waals surface area (Å²) in [5.74, 6) is 0.498. The second-order valence-electron chi connectivity index (χ2n) is 8.28. The average molecular weight is 512 g/mol. The fourth-order valence-corrected chi connectivity index (χ4v) is 4.77. The maximum Gasteiger partial charge on any atom is 0.312 e. The molecule has 1 N–H and O–H groups in total. The van der Waals surface area contributed by atoms with E-state index in [4.69, 9.17) is 11.3 Å². The molecular weight excluding hydrogens is 488 g/mol. The third kappa shape index (κ3) is 5.33. The van der Waals surface area contributed by atoms with Gasteiger partial charge in [-0.05, 0) is 49.7 Å². The van der Waals surface area contributed by atoms with Crippen molar-refractivity contribution in [3.63, 3.8) is 0 Å². The van der Waals surface area contributed by atoms with Crippen molar-refractivity contribution in [2.45, 2.75) is 38.0 Å². The van der Waals surface area contributed by atoms with E-state index >= 15 is 0 Å². The topological polar surface area (TPSA) is 97.9 Å². The second kappa shape index (κ2) is 9.99. The van der Waals surface area contributed by atoms with Crippen LogP contribution in [0.5, 0.6) is 5.75 Å². The van der Waals surface area contributed by atoms with Crippen LogP contribution < -0.4 is 10.1 Å². The lowest BCUT2D eigenvalue weighted by atomic mass is 10.1. The van der Waals surface area contributed by atoms with Gasteiger partial charge >= 0.3 is 5.82 Å². The third-order valence-electron chi connectivity index (χ3n) is 5.44. The van der Waals surface area contributed by atoms with E-state index in [1.54, 1.807) is 43.3 Å². The lowest BCUT2D eigenvalue weighted by molar-refractivity contribution is 0.224. The highest BCUT2D eigenvalue weighted by Gasteiger charge is 2.27. The molecule has 0 radical (unpaired) electrons. The van der Waals surface area contributed by atoms with Gasteiger partial charge < -0.3 is 14.9 Å². The normalized spacial score (nSPS) is 12.8. The number of benzene rings is 1. The van der Waals surface area contributed by atoms with Crippen LogP contribution in [0.4, 0.5) is 31.7 Å². The van der Waals surface area contributed by atoms with Gasteiger partial charge in [0, 0.05) is 12.7 Å². The van der Waals surface area contributed by atoms with Gasteiger partial charge in [-0.3, -0.25) is 4.98 Å². The van der Waals surface area contributed by atoms with Crippen molar-refractivity contribution in [1.29, 1.82) is 0 Å². The van der Waals surface area contributed by atoms with Crippen molar-refractivity contribution in [1.82, 2.24) is 9.97 Å². The first-order valence-corrected chi connectivity index (χ1v) is 12.9. The van der Waals surface area contributed by atoms with Crippen LogP contribution in [0.25, 0.3) is 4.85 Å². The van der Waals surface area contributed by atoms with E-state index in [2.05, 4.69) is 25.1 Å². The molecule has 8 nitrogen and oxygen atoms in total. The first-order valence-electron chi connectivity index (χ1n) is 11.0. The molecule has 36 heavy (non-hydrogen) atoms. The number of nitrogens with one attached hydrogen (secondary N) is 1. The minimum Gasteiger partial charge on any atom is -0.503 e. The van der Waals surface area contributed by atoms with Gasteiger partial charge in [0.25, 0.3) is 6.43 Å². The van der Waals surface area contributed by atoms with Crippen LogP contribution in [-0.2, 0) is 22.7 Å². The van der Waals surface area contributed by atoms with Crippen molar-refractivity contribution < 1.29 is 21.9 Å².